The van der Waals surface area contributed by atoms with Crippen molar-refractivity contribution >= 4 is 11.0 Å². The Morgan fingerprint density at radius 1 is 1.00 bits per heavy atom. The van der Waals surface area contributed by atoms with Gasteiger partial charge in [0.2, 0.25) is 0 Å². The summed E-state index contributed by atoms with van der Waals surface area (Å²) in [7, 11) is 1.66. The Bertz CT molecular complexity index is 1490. The lowest BCUT2D eigenvalue weighted by molar-refractivity contribution is 0.298. The largest absolute Gasteiger partial charge is 0.508 e. The molecule has 8 heteroatoms. The number of aromatic nitrogens is 5. The van der Waals surface area contributed by atoms with E-state index in [4.69, 9.17) is 14.5 Å². The second kappa shape index (κ2) is 8.79. The van der Waals surface area contributed by atoms with Crippen LogP contribution in [0.1, 0.15) is 18.4 Å². The molecule has 0 fully saturated rings. The maximum Gasteiger partial charge on any atom is 0.181 e. The van der Waals surface area contributed by atoms with E-state index < -0.39 is 0 Å². The molecule has 35 heavy (non-hydrogen) atoms. The first-order chi connectivity index (χ1) is 17.2. The molecule has 8 nitrogen and oxygen atoms in total. The number of phenolic OH excluding ortho intramolecular Hbond substituents is 1. The lowest BCUT2D eigenvalue weighted by atomic mass is 10.1. The minimum Gasteiger partial charge on any atom is -0.508 e. The van der Waals surface area contributed by atoms with Gasteiger partial charge in [-0.25, -0.2) is 14.6 Å². The van der Waals surface area contributed by atoms with Crippen molar-refractivity contribution in [2.75, 3.05) is 13.7 Å². The van der Waals surface area contributed by atoms with Crippen LogP contribution in [0.5, 0.6) is 17.2 Å². The fraction of sp³-hybridized carbons (Fsp3) is 0.222. The van der Waals surface area contributed by atoms with E-state index in [0.717, 1.165) is 58.7 Å². The lowest BCUT2D eigenvalue weighted by Crippen LogP contribution is -2.08. The quantitative estimate of drug-likeness (QED) is 0.396. The summed E-state index contributed by atoms with van der Waals surface area (Å²) in [5, 5.41) is 14.8. The molecule has 1 N–H and O–H groups in total. The highest BCUT2D eigenvalue weighted by Gasteiger charge is 2.19. The minimum atomic E-state index is 0.163. The molecule has 3 heterocycles. The van der Waals surface area contributed by atoms with E-state index in [9.17, 15) is 5.11 Å². The van der Waals surface area contributed by atoms with Crippen molar-refractivity contribution in [3.8, 4) is 40.0 Å². The molecule has 0 aliphatic carbocycles. The van der Waals surface area contributed by atoms with Gasteiger partial charge in [-0.1, -0.05) is 36.4 Å². The van der Waals surface area contributed by atoms with Gasteiger partial charge in [-0.3, -0.25) is 0 Å². The van der Waals surface area contributed by atoms with Gasteiger partial charge in [0, 0.05) is 29.8 Å². The second-order valence-electron chi connectivity index (χ2n) is 8.65. The standard InChI is InChI=1S/C27H25N5O3/c1-34-22-10-4-18(5-11-22)16-31-17-28-26(30-31)19-6-8-20(9-7-19)27-29-23-14-21(33)15-24-25(23)32(27)12-2-3-13-35-24/h4-11,14-15,17,33H,2-3,12-13,16H2,1H3. The van der Waals surface area contributed by atoms with Gasteiger partial charge in [-0.2, -0.15) is 5.10 Å². The molecule has 0 amide bonds. The molecular formula is C27H25N5O3. The number of hydrogen-bond acceptors (Lipinski definition) is 6. The van der Waals surface area contributed by atoms with Gasteiger partial charge in [0.15, 0.2) is 5.82 Å². The van der Waals surface area contributed by atoms with Gasteiger partial charge in [0.1, 0.15) is 34.9 Å². The Balaban J connectivity index is 1.28. The zero-order valence-corrected chi connectivity index (χ0v) is 19.4. The van der Waals surface area contributed by atoms with E-state index in [2.05, 4.69) is 14.6 Å². The molecular weight excluding hydrogens is 442 g/mol. The van der Waals surface area contributed by atoms with Crippen molar-refractivity contribution in [2.24, 2.45) is 0 Å². The smallest absolute Gasteiger partial charge is 0.181 e. The number of nitrogens with zero attached hydrogens (tertiary/aromatic N) is 5. The first-order valence-electron chi connectivity index (χ1n) is 11.7. The summed E-state index contributed by atoms with van der Waals surface area (Å²) in [6, 6.07) is 19.4. The Hall–Kier alpha value is -4.33. The fourth-order valence-corrected chi connectivity index (χ4v) is 4.51. The normalized spacial score (nSPS) is 13.3. The Labute approximate surface area is 202 Å². The topological polar surface area (TPSA) is 87.2 Å². The SMILES string of the molecule is COc1ccc(Cn2cnc(-c3ccc(-c4nc5cc(O)cc6c5n4CCCCO6)cc3)n2)cc1. The average Bonchev–Trinajstić information content (AvgIpc) is 3.47. The van der Waals surface area contributed by atoms with Gasteiger partial charge in [-0.15, -0.1) is 0 Å². The summed E-state index contributed by atoms with van der Waals surface area (Å²) < 4.78 is 15.2. The highest BCUT2D eigenvalue weighted by Crippen LogP contribution is 2.36. The van der Waals surface area contributed by atoms with Crippen LogP contribution in [0.3, 0.4) is 0 Å². The van der Waals surface area contributed by atoms with Crippen LogP contribution in [0.15, 0.2) is 67.0 Å². The maximum atomic E-state index is 10.1. The monoisotopic (exact) mass is 467 g/mol. The Morgan fingerprint density at radius 3 is 2.60 bits per heavy atom. The number of phenols is 1. The molecule has 1 aliphatic rings. The van der Waals surface area contributed by atoms with Crippen LogP contribution >= 0.6 is 0 Å². The van der Waals surface area contributed by atoms with Gasteiger partial charge >= 0.3 is 0 Å². The number of rotatable bonds is 5. The first kappa shape index (κ1) is 21.2. The van der Waals surface area contributed by atoms with Gasteiger partial charge in [0.25, 0.3) is 0 Å². The zero-order chi connectivity index (χ0) is 23.8. The average molecular weight is 468 g/mol. The molecule has 5 aromatic rings. The third-order valence-corrected chi connectivity index (χ3v) is 6.27. The van der Waals surface area contributed by atoms with Crippen molar-refractivity contribution in [1.82, 2.24) is 24.3 Å². The summed E-state index contributed by atoms with van der Waals surface area (Å²) in [6.45, 7) is 2.13. The molecule has 0 unspecified atom stereocenters. The maximum absolute atomic E-state index is 10.1. The molecule has 176 valence electrons. The predicted octanol–water partition coefficient (Wildman–Crippen LogP) is 4.90. The molecule has 2 aromatic heterocycles. The van der Waals surface area contributed by atoms with E-state index in [-0.39, 0.29) is 5.75 Å². The second-order valence-corrected chi connectivity index (χ2v) is 8.65. The summed E-state index contributed by atoms with van der Waals surface area (Å²) in [5.41, 5.74) is 4.72. The van der Waals surface area contributed by atoms with Gasteiger partial charge in [0.05, 0.1) is 25.8 Å². The summed E-state index contributed by atoms with van der Waals surface area (Å²) in [6.07, 6.45) is 3.71. The van der Waals surface area contributed by atoms with Crippen molar-refractivity contribution < 1.29 is 14.6 Å². The number of ether oxygens (including phenoxy) is 2. The van der Waals surface area contributed by atoms with Crippen LogP contribution in [0.2, 0.25) is 0 Å². The van der Waals surface area contributed by atoms with Crippen LogP contribution in [0.4, 0.5) is 0 Å². The highest BCUT2D eigenvalue weighted by molar-refractivity contribution is 5.87. The molecule has 0 spiro atoms. The number of hydrogen-bond donors (Lipinski definition) is 1. The molecule has 1 aliphatic heterocycles. The zero-order valence-electron chi connectivity index (χ0n) is 19.4. The van der Waals surface area contributed by atoms with Crippen molar-refractivity contribution in [2.45, 2.75) is 25.9 Å². The summed E-state index contributed by atoms with van der Waals surface area (Å²) >= 11 is 0. The third-order valence-electron chi connectivity index (χ3n) is 6.27. The number of imidazole rings is 1. The summed E-state index contributed by atoms with van der Waals surface area (Å²) in [4.78, 5) is 9.35. The third kappa shape index (κ3) is 4.07. The first-order valence-corrected chi connectivity index (χ1v) is 11.7. The predicted molar refractivity (Wildman–Crippen MR) is 133 cm³/mol. The highest BCUT2D eigenvalue weighted by atomic mass is 16.5. The fourth-order valence-electron chi connectivity index (χ4n) is 4.51. The van der Waals surface area contributed by atoms with Gasteiger partial charge < -0.3 is 19.1 Å². The van der Waals surface area contributed by atoms with Crippen LogP contribution in [0, 0.1) is 0 Å². The van der Waals surface area contributed by atoms with E-state index in [1.165, 1.54) is 0 Å². The molecule has 0 radical (unpaired) electrons. The Morgan fingerprint density at radius 2 is 1.80 bits per heavy atom. The lowest BCUT2D eigenvalue weighted by Gasteiger charge is -2.16. The van der Waals surface area contributed by atoms with E-state index >= 15 is 0 Å². The Kier molecular flexibility index (Phi) is 5.33. The van der Waals surface area contributed by atoms with Crippen molar-refractivity contribution in [1.29, 1.82) is 0 Å². The van der Waals surface area contributed by atoms with Crippen molar-refractivity contribution in [3.05, 3.63) is 72.6 Å². The summed E-state index contributed by atoms with van der Waals surface area (Å²) in [5.74, 6) is 3.22. The van der Waals surface area contributed by atoms with Crippen molar-refractivity contribution in [3.63, 3.8) is 0 Å². The number of aryl methyl sites for hydroxylation is 1. The van der Waals surface area contributed by atoms with Crippen LogP contribution < -0.4 is 9.47 Å². The number of methoxy groups -OCH3 is 1. The molecule has 0 saturated heterocycles. The molecule has 6 rings (SSSR count). The van der Waals surface area contributed by atoms with Crippen LogP contribution in [0.25, 0.3) is 33.8 Å². The molecule has 3 aromatic carbocycles. The van der Waals surface area contributed by atoms with E-state index in [1.807, 2.05) is 53.2 Å². The van der Waals surface area contributed by atoms with E-state index in [1.54, 1.807) is 25.6 Å². The number of benzene rings is 3. The molecule has 0 bridgehead atoms. The minimum absolute atomic E-state index is 0.163. The molecule has 0 saturated carbocycles. The van der Waals surface area contributed by atoms with E-state index in [0.29, 0.717) is 24.7 Å². The molecule has 0 atom stereocenters. The number of aromatic hydroxyl groups is 1. The van der Waals surface area contributed by atoms with Gasteiger partial charge in [-0.05, 0) is 30.5 Å². The van der Waals surface area contributed by atoms with Crippen LogP contribution in [-0.2, 0) is 13.1 Å². The van der Waals surface area contributed by atoms with Crippen LogP contribution in [-0.4, -0.2) is 43.1 Å².